The van der Waals surface area contributed by atoms with Crippen LogP contribution in [-0.2, 0) is 6.42 Å². The van der Waals surface area contributed by atoms with Gasteiger partial charge >= 0.3 is 0 Å². The number of hydrogen-bond donors (Lipinski definition) is 1. The van der Waals surface area contributed by atoms with Gasteiger partial charge in [0.1, 0.15) is 18.1 Å². The minimum absolute atomic E-state index is 0.281. The van der Waals surface area contributed by atoms with E-state index in [-0.39, 0.29) is 6.61 Å². The van der Waals surface area contributed by atoms with E-state index in [2.05, 4.69) is 4.98 Å². The third-order valence-corrected chi connectivity index (χ3v) is 4.03. The number of rotatable bonds is 8. The van der Waals surface area contributed by atoms with E-state index >= 15 is 0 Å². The number of hydrogen-bond acceptors (Lipinski definition) is 4. The maximum absolute atomic E-state index is 10.1. The molecule has 0 aliphatic heterocycles. The van der Waals surface area contributed by atoms with Crippen molar-refractivity contribution in [3.8, 4) is 11.5 Å². The Hall–Kier alpha value is -2.59. The van der Waals surface area contributed by atoms with Gasteiger partial charge in [0, 0.05) is 12.4 Å². The first-order chi connectivity index (χ1) is 12.2. The SMILES string of the molecule is CCOc1ccc2cc(OCC(O)CCc3cccnc3)ccc2c1. The highest BCUT2D eigenvalue weighted by Crippen LogP contribution is 2.25. The molecule has 0 aliphatic carbocycles. The molecule has 1 aromatic heterocycles. The minimum Gasteiger partial charge on any atom is -0.494 e. The fourth-order valence-electron chi connectivity index (χ4n) is 2.70. The highest BCUT2D eigenvalue weighted by atomic mass is 16.5. The molecular formula is C21H23NO3. The van der Waals surface area contributed by atoms with Gasteiger partial charge in [-0.05, 0) is 66.4 Å². The predicted octanol–water partition coefficient (Wildman–Crippen LogP) is 4.01. The molecule has 2 aromatic carbocycles. The number of aliphatic hydroxyl groups excluding tert-OH is 1. The van der Waals surface area contributed by atoms with Crippen LogP contribution in [0.5, 0.6) is 11.5 Å². The third kappa shape index (κ3) is 4.94. The van der Waals surface area contributed by atoms with E-state index in [0.29, 0.717) is 13.0 Å². The zero-order valence-corrected chi connectivity index (χ0v) is 14.4. The lowest BCUT2D eigenvalue weighted by atomic mass is 10.1. The Morgan fingerprint density at radius 1 is 1.00 bits per heavy atom. The molecule has 4 heteroatoms. The molecule has 0 bridgehead atoms. The molecule has 0 radical (unpaired) electrons. The van der Waals surface area contributed by atoms with Crippen LogP contribution < -0.4 is 9.47 Å². The summed E-state index contributed by atoms with van der Waals surface area (Å²) in [6, 6.07) is 15.8. The molecule has 0 saturated carbocycles. The Balaban J connectivity index is 1.54. The Labute approximate surface area is 148 Å². The number of aryl methyl sites for hydroxylation is 1. The second kappa shape index (κ2) is 8.49. The van der Waals surface area contributed by atoms with E-state index in [0.717, 1.165) is 34.3 Å². The van der Waals surface area contributed by atoms with Gasteiger partial charge in [-0.25, -0.2) is 0 Å². The van der Waals surface area contributed by atoms with Crippen molar-refractivity contribution in [1.29, 1.82) is 0 Å². The van der Waals surface area contributed by atoms with E-state index in [1.165, 1.54) is 0 Å². The molecule has 0 aliphatic rings. The normalized spacial score (nSPS) is 12.1. The summed E-state index contributed by atoms with van der Waals surface area (Å²) in [6.45, 7) is 2.91. The van der Waals surface area contributed by atoms with Gasteiger partial charge in [-0.1, -0.05) is 18.2 Å². The second-order valence-corrected chi connectivity index (χ2v) is 5.97. The number of aliphatic hydroxyl groups is 1. The van der Waals surface area contributed by atoms with Crippen LogP contribution in [-0.4, -0.2) is 29.4 Å². The molecule has 0 saturated heterocycles. The number of aromatic nitrogens is 1. The van der Waals surface area contributed by atoms with Crippen LogP contribution in [0.3, 0.4) is 0 Å². The van der Waals surface area contributed by atoms with Crippen molar-refractivity contribution in [2.24, 2.45) is 0 Å². The van der Waals surface area contributed by atoms with Gasteiger partial charge in [0.25, 0.3) is 0 Å². The zero-order valence-electron chi connectivity index (χ0n) is 14.4. The lowest BCUT2D eigenvalue weighted by molar-refractivity contribution is 0.100. The van der Waals surface area contributed by atoms with E-state index in [1.54, 1.807) is 6.20 Å². The highest BCUT2D eigenvalue weighted by molar-refractivity contribution is 5.85. The molecule has 130 valence electrons. The monoisotopic (exact) mass is 337 g/mol. The first-order valence-electron chi connectivity index (χ1n) is 8.61. The van der Waals surface area contributed by atoms with E-state index in [1.807, 2.05) is 61.7 Å². The van der Waals surface area contributed by atoms with Gasteiger partial charge in [0.15, 0.2) is 0 Å². The zero-order chi connectivity index (χ0) is 17.5. The Kier molecular flexibility index (Phi) is 5.86. The van der Waals surface area contributed by atoms with Gasteiger partial charge in [-0.2, -0.15) is 0 Å². The number of pyridine rings is 1. The molecule has 0 spiro atoms. The average molecular weight is 337 g/mol. The van der Waals surface area contributed by atoms with Crippen molar-refractivity contribution in [3.05, 3.63) is 66.5 Å². The Morgan fingerprint density at radius 2 is 1.72 bits per heavy atom. The lowest BCUT2D eigenvalue weighted by Crippen LogP contribution is -2.18. The molecule has 4 nitrogen and oxygen atoms in total. The predicted molar refractivity (Wildman–Crippen MR) is 99.2 cm³/mol. The van der Waals surface area contributed by atoms with Crippen molar-refractivity contribution in [2.45, 2.75) is 25.9 Å². The van der Waals surface area contributed by atoms with Crippen molar-refractivity contribution in [2.75, 3.05) is 13.2 Å². The highest BCUT2D eigenvalue weighted by Gasteiger charge is 2.07. The third-order valence-electron chi connectivity index (χ3n) is 4.03. The molecule has 3 aromatic rings. The molecule has 0 amide bonds. The minimum atomic E-state index is -0.503. The van der Waals surface area contributed by atoms with Gasteiger partial charge in [-0.3, -0.25) is 4.98 Å². The van der Waals surface area contributed by atoms with Crippen molar-refractivity contribution in [1.82, 2.24) is 4.98 Å². The second-order valence-electron chi connectivity index (χ2n) is 5.97. The van der Waals surface area contributed by atoms with Crippen molar-refractivity contribution >= 4 is 10.8 Å². The summed E-state index contributed by atoms with van der Waals surface area (Å²) in [5.41, 5.74) is 1.12. The summed E-state index contributed by atoms with van der Waals surface area (Å²) < 4.78 is 11.3. The summed E-state index contributed by atoms with van der Waals surface area (Å²) >= 11 is 0. The van der Waals surface area contributed by atoms with Crippen LogP contribution in [0.2, 0.25) is 0 Å². The number of nitrogens with zero attached hydrogens (tertiary/aromatic N) is 1. The fourth-order valence-corrected chi connectivity index (χ4v) is 2.70. The first-order valence-corrected chi connectivity index (χ1v) is 8.61. The maximum atomic E-state index is 10.1. The number of fused-ring (bicyclic) bond motifs is 1. The topological polar surface area (TPSA) is 51.6 Å². The van der Waals surface area contributed by atoms with Crippen LogP contribution in [0, 0.1) is 0 Å². The van der Waals surface area contributed by atoms with Crippen LogP contribution in [0.15, 0.2) is 60.9 Å². The summed E-state index contributed by atoms with van der Waals surface area (Å²) in [5, 5.41) is 12.3. The fraction of sp³-hybridized carbons (Fsp3) is 0.286. The number of ether oxygens (including phenoxy) is 2. The molecular weight excluding hydrogens is 314 g/mol. The standard InChI is InChI=1S/C21H23NO3/c1-2-24-20-9-6-18-13-21(10-7-17(18)12-20)25-15-19(23)8-5-16-4-3-11-22-14-16/h3-4,6-7,9-14,19,23H,2,5,8,15H2,1H3. The lowest BCUT2D eigenvalue weighted by Gasteiger charge is -2.13. The van der Waals surface area contributed by atoms with Crippen LogP contribution in [0.4, 0.5) is 0 Å². The summed E-state index contributed by atoms with van der Waals surface area (Å²) in [4.78, 5) is 4.08. The quantitative estimate of drug-likeness (QED) is 0.675. The Morgan fingerprint density at radius 3 is 2.36 bits per heavy atom. The smallest absolute Gasteiger partial charge is 0.120 e. The van der Waals surface area contributed by atoms with Crippen molar-refractivity contribution in [3.63, 3.8) is 0 Å². The van der Waals surface area contributed by atoms with Crippen LogP contribution in [0.1, 0.15) is 18.9 Å². The summed E-state index contributed by atoms with van der Waals surface area (Å²) in [5.74, 6) is 1.63. The van der Waals surface area contributed by atoms with E-state index in [4.69, 9.17) is 9.47 Å². The van der Waals surface area contributed by atoms with E-state index in [9.17, 15) is 5.11 Å². The molecule has 0 fully saturated rings. The van der Waals surface area contributed by atoms with Gasteiger partial charge < -0.3 is 14.6 Å². The molecule has 1 heterocycles. The maximum Gasteiger partial charge on any atom is 0.120 e. The molecule has 1 unspecified atom stereocenters. The van der Waals surface area contributed by atoms with E-state index < -0.39 is 6.10 Å². The summed E-state index contributed by atoms with van der Waals surface area (Å²) in [7, 11) is 0. The average Bonchev–Trinajstić information content (AvgIpc) is 2.65. The van der Waals surface area contributed by atoms with Gasteiger partial charge in [-0.15, -0.1) is 0 Å². The largest absolute Gasteiger partial charge is 0.494 e. The van der Waals surface area contributed by atoms with Gasteiger partial charge in [0.2, 0.25) is 0 Å². The molecule has 1 atom stereocenters. The first kappa shape index (κ1) is 17.2. The molecule has 3 rings (SSSR count). The number of benzene rings is 2. The Bertz CT molecular complexity index is 805. The molecule has 1 N–H and O–H groups in total. The van der Waals surface area contributed by atoms with Crippen LogP contribution >= 0.6 is 0 Å². The van der Waals surface area contributed by atoms with Gasteiger partial charge in [0.05, 0.1) is 12.7 Å². The van der Waals surface area contributed by atoms with Crippen LogP contribution in [0.25, 0.3) is 10.8 Å². The molecule has 25 heavy (non-hydrogen) atoms. The van der Waals surface area contributed by atoms with Crippen molar-refractivity contribution < 1.29 is 14.6 Å². The summed E-state index contributed by atoms with van der Waals surface area (Å²) in [6.07, 6.45) is 4.51.